The first-order chi connectivity index (χ1) is 13.0. The minimum atomic E-state index is 0.115. The van der Waals surface area contributed by atoms with Crippen molar-refractivity contribution in [3.05, 3.63) is 49.2 Å². The summed E-state index contributed by atoms with van der Waals surface area (Å²) < 4.78 is 10.2. The van der Waals surface area contributed by atoms with Crippen LogP contribution < -0.4 is 10.6 Å². The number of para-hydroxylation sites is 1. The first-order valence-electron chi connectivity index (χ1n) is 9.06. The monoisotopic (exact) mass is 400 g/mol. The van der Waals surface area contributed by atoms with Crippen LogP contribution in [0.2, 0.25) is 0 Å². The van der Waals surface area contributed by atoms with E-state index >= 15 is 0 Å². The summed E-state index contributed by atoms with van der Waals surface area (Å²) in [7, 11) is 0. The molecule has 0 bridgehead atoms. The number of morpholine rings is 1. The van der Waals surface area contributed by atoms with Crippen molar-refractivity contribution in [2.24, 2.45) is 4.99 Å². The molecule has 1 aromatic carbocycles. The van der Waals surface area contributed by atoms with Crippen LogP contribution in [0.5, 0.6) is 5.88 Å². The van der Waals surface area contributed by atoms with E-state index in [1.165, 1.54) is 11.3 Å². The molecule has 4 rings (SSSR count). The first-order valence-corrected chi connectivity index (χ1v) is 10.3. The second-order valence-electron chi connectivity index (χ2n) is 6.86. The number of benzene rings is 1. The van der Waals surface area contributed by atoms with Crippen LogP contribution in [0.1, 0.15) is 24.8 Å². The average molecular weight is 401 g/mol. The van der Waals surface area contributed by atoms with Gasteiger partial charge < -0.3 is 9.84 Å². The lowest BCUT2D eigenvalue weighted by molar-refractivity contribution is -0.549. The van der Waals surface area contributed by atoms with E-state index in [9.17, 15) is 5.11 Å². The van der Waals surface area contributed by atoms with E-state index in [0.717, 1.165) is 40.0 Å². The zero-order valence-electron chi connectivity index (χ0n) is 15.4. The van der Waals surface area contributed by atoms with Gasteiger partial charge in [0, 0.05) is 11.3 Å². The number of thiazole rings is 1. The smallest absolute Gasteiger partial charge is 0.326 e. The van der Waals surface area contributed by atoms with Gasteiger partial charge in [-0.2, -0.15) is 0 Å². The summed E-state index contributed by atoms with van der Waals surface area (Å²) in [4.78, 5) is 5.68. The fourth-order valence-corrected chi connectivity index (χ4v) is 4.87. The number of aromatic nitrogens is 1. The zero-order valence-corrected chi connectivity index (χ0v) is 17.0. The second kappa shape index (κ2) is 7.50. The highest BCUT2D eigenvalue weighted by atomic mass is 32.1. The molecular formula is C20H22N3O2S2+. The Morgan fingerprint density at radius 2 is 2.04 bits per heavy atom. The lowest BCUT2D eigenvalue weighted by atomic mass is 10.1. The van der Waals surface area contributed by atoms with Gasteiger partial charge in [-0.3, -0.25) is 9.14 Å². The lowest BCUT2D eigenvalue weighted by Crippen LogP contribution is -2.38. The van der Waals surface area contributed by atoms with Crippen LogP contribution >= 0.6 is 23.6 Å². The number of aromatic hydroxyl groups is 1. The highest BCUT2D eigenvalue weighted by Crippen LogP contribution is 2.31. The molecule has 140 valence electrons. The molecule has 2 aliphatic rings. The minimum Gasteiger partial charge on any atom is -0.493 e. The van der Waals surface area contributed by atoms with Crippen molar-refractivity contribution in [2.75, 3.05) is 26.3 Å². The Morgan fingerprint density at radius 1 is 1.30 bits per heavy atom. The summed E-state index contributed by atoms with van der Waals surface area (Å²) in [6.45, 7) is 7.04. The molecule has 1 fully saturated rings. The Morgan fingerprint density at radius 3 is 2.74 bits per heavy atom. The molecule has 0 aliphatic carbocycles. The number of hydrogen-bond donors (Lipinski definition) is 1. The van der Waals surface area contributed by atoms with E-state index in [-0.39, 0.29) is 11.9 Å². The molecule has 1 N–H and O–H groups in total. The van der Waals surface area contributed by atoms with Crippen LogP contribution in [0.3, 0.4) is 0 Å². The van der Waals surface area contributed by atoms with Crippen LogP contribution in [0, 0.1) is 3.95 Å². The van der Waals surface area contributed by atoms with Crippen molar-refractivity contribution in [3.63, 3.8) is 0 Å². The summed E-state index contributed by atoms with van der Waals surface area (Å²) in [5, 5.41) is 12.7. The Balaban J connectivity index is 1.92. The van der Waals surface area contributed by atoms with Gasteiger partial charge in [-0.25, -0.2) is 0 Å². The van der Waals surface area contributed by atoms with Crippen LogP contribution in [-0.2, 0) is 4.74 Å². The molecule has 0 radical (unpaired) electrons. The normalized spacial score (nSPS) is 18.4. The Hall–Kier alpha value is -2.09. The SMILES string of the molecule is CC(C)n1c(O)c(/C=C2\C=c3ccccc3=NC2=[N+]2CCOCC2)sc1=S. The van der Waals surface area contributed by atoms with Gasteiger partial charge >= 0.3 is 5.84 Å². The van der Waals surface area contributed by atoms with E-state index in [1.807, 2.05) is 38.1 Å². The molecule has 27 heavy (non-hydrogen) atoms. The number of nitrogens with zero attached hydrogens (tertiary/aromatic N) is 3. The summed E-state index contributed by atoms with van der Waals surface area (Å²) in [5.41, 5.74) is 0.984. The Kier molecular flexibility index (Phi) is 5.08. The van der Waals surface area contributed by atoms with E-state index in [2.05, 4.69) is 16.7 Å². The third-order valence-electron chi connectivity index (χ3n) is 4.69. The van der Waals surface area contributed by atoms with Gasteiger partial charge in [0.05, 0.1) is 23.7 Å². The lowest BCUT2D eigenvalue weighted by Gasteiger charge is -2.16. The van der Waals surface area contributed by atoms with E-state index in [4.69, 9.17) is 21.9 Å². The number of amidine groups is 1. The summed E-state index contributed by atoms with van der Waals surface area (Å²) in [5.74, 6) is 1.15. The number of hydrogen-bond acceptors (Lipinski definition) is 4. The van der Waals surface area contributed by atoms with Gasteiger partial charge in [0.25, 0.3) is 0 Å². The molecule has 0 amide bonds. The fourth-order valence-electron chi connectivity index (χ4n) is 3.34. The maximum Gasteiger partial charge on any atom is 0.326 e. The van der Waals surface area contributed by atoms with Crippen LogP contribution in [0.25, 0.3) is 12.2 Å². The van der Waals surface area contributed by atoms with Crippen LogP contribution in [0.4, 0.5) is 0 Å². The highest BCUT2D eigenvalue weighted by molar-refractivity contribution is 7.73. The molecule has 0 spiro atoms. The van der Waals surface area contributed by atoms with Crippen LogP contribution in [0.15, 0.2) is 34.8 Å². The van der Waals surface area contributed by atoms with E-state index in [0.29, 0.717) is 17.2 Å². The number of fused-ring (bicyclic) bond motifs is 1. The summed E-state index contributed by atoms with van der Waals surface area (Å²) in [6, 6.07) is 8.22. The number of rotatable bonds is 2. The Labute approximate surface area is 166 Å². The topological polar surface area (TPSA) is 49.8 Å². The molecule has 1 saturated heterocycles. The average Bonchev–Trinajstić information content (AvgIpc) is 2.95. The van der Waals surface area contributed by atoms with Crippen molar-refractivity contribution in [1.29, 1.82) is 0 Å². The third-order valence-corrected chi connectivity index (χ3v) is 6.03. The largest absolute Gasteiger partial charge is 0.493 e. The minimum absolute atomic E-state index is 0.115. The molecule has 0 atom stereocenters. The maximum absolute atomic E-state index is 10.7. The quantitative estimate of drug-likeness (QED) is 0.623. The van der Waals surface area contributed by atoms with Gasteiger partial charge in [-0.1, -0.05) is 18.2 Å². The zero-order chi connectivity index (χ0) is 19.0. The van der Waals surface area contributed by atoms with Crippen molar-refractivity contribution in [3.8, 4) is 5.88 Å². The second-order valence-corrected chi connectivity index (χ2v) is 8.53. The van der Waals surface area contributed by atoms with E-state index in [1.54, 1.807) is 4.57 Å². The van der Waals surface area contributed by atoms with Crippen molar-refractivity contribution < 1.29 is 14.4 Å². The van der Waals surface area contributed by atoms with Crippen molar-refractivity contribution in [2.45, 2.75) is 19.9 Å². The van der Waals surface area contributed by atoms with Gasteiger partial charge in [0.2, 0.25) is 5.88 Å². The van der Waals surface area contributed by atoms with E-state index < -0.39 is 0 Å². The third kappa shape index (κ3) is 3.54. The maximum atomic E-state index is 10.7. The molecule has 3 heterocycles. The van der Waals surface area contributed by atoms with Crippen molar-refractivity contribution >= 4 is 41.5 Å². The van der Waals surface area contributed by atoms with Gasteiger partial charge in [0.15, 0.2) is 9.31 Å². The summed E-state index contributed by atoms with van der Waals surface area (Å²) >= 11 is 6.87. The number of ether oxygens (including phenoxy) is 1. The molecule has 7 heteroatoms. The van der Waals surface area contributed by atoms with Crippen molar-refractivity contribution in [1.82, 2.24) is 4.57 Å². The predicted molar refractivity (Wildman–Crippen MR) is 111 cm³/mol. The standard InChI is InChI=1S/C20H21N3O2S2/c1-13(2)23-19(24)17(27-20(23)26)12-15-11-14-5-3-4-6-16(14)21-18(15)22-7-9-25-10-8-22/h3-6,11-13H,7-10H2,1-2H3/p+1. The molecule has 5 nitrogen and oxygen atoms in total. The van der Waals surface area contributed by atoms with Gasteiger partial charge in [0.1, 0.15) is 13.1 Å². The highest BCUT2D eigenvalue weighted by Gasteiger charge is 2.24. The fraction of sp³-hybridized carbons (Fsp3) is 0.350. The molecule has 1 aromatic heterocycles. The van der Waals surface area contributed by atoms with Gasteiger partial charge in [-0.05, 0) is 49.3 Å². The first kappa shape index (κ1) is 18.3. The summed E-state index contributed by atoms with van der Waals surface area (Å²) in [6.07, 6.45) is 4.13. The van der Waals surface area contributed by atoms with Crippen LogP contribution in [-0.4, -0.2) is 46.4 Å². The molecule has 2 aliphatic heterocycles. The predicted octanol–water partition coefficient (Wildman–Crippen LogP) is 2.50. The molecular weight excluding hydrogens is 378 g/mol. The van der Waals surface area contributed by atoms with Gasteiger partial charge in [-0.15, -0.1) is 11.3 Å². The Bertz CT molecular complexity index is 1110. The molecule has 0 saturated carbocycles. The molecule has 0 unspecified atom stereocenters. The molecule has 2 aromatic rings.